The summed E-state index contributed by atoms with van der Waals surface area (Å²) in [5, 5.41) is 3.34. The predicted octanol–water partition coefficient (Wildman–Crippen LogP) is 3.70. The molecule has 0 spiro atoms. The van der Waals surface area contributed by atoms with Crippen molar-refractivity contribution in [3.8, 4) is 0 Å². The van der Waals surface area contributed by atoms with Crippen LogP contribution in [-0.4, -0.2) is 13.1 Å². The fourth-order valence-corrected chi connectivity index (χ4v) is 2.11. The largest absolute Gasteiger partial charge is 0.316 e. The third-order valence-electron chi connectivity index (χ3n) is 3.35. The van der Waals surface area contributed by atoms with Crippen LogP contribution in [0.1, 0.15) is 38.3 Å². The Balaban J connectivity index is 2.63. The van der Waals surface area contributed by atoms with Gasteiger partial charge in [0.05, 0.1) is 0 Å². The van der Waals surface area contributed by atoms with Crippen LogP contribution in [0.2, 0.25) is 0 Å². The van der Waals surface area contributed by atoms with E-state index in [-0.39, 0.29) is 11.2 Å². The Morgan fingerprint density at radius 1 is 1.29 bits per heavy atom. The fraction of sp³-hybridized carbons (Fsp3) is 0.600. The Bertz CT molecular complexity index is 366. The van der Waals surface area contributed by atoms with E-state index in [9.17, 15) is 4.39 Å². The Morgan fingerprint density at radius 3 is 2.41 bits per heavy atom. The molecule has 0 aromatic heterocycles. The van der Waals surface area contributed by atoms with Crippen molar-refractivity contribution in [2.75, 3.05) is 7.05 Å². The van der Waals surface area contributed by atoms with E-state index in [2.05, 4.69) is 26.1 Å². The van der Waals surface area contributed by atoms with Crippen LogP contribution in [0, 0.1) is 18.2 Å². The molecule has 0 saturated heterocycles. The second-order valence-electron chi connectivity index (χ2n) is 5.83. The standard InChI is InChI=1S/C15H24FN/c1-11-6-7-12(10-13(11)16)8-9-14(17-5)15(2,3)4/h6-7,10,14,17H,8-9H2,1-5H3. The lowest BCUT2D eigenvalue weighted by molar-refractivity contribution is 0.268. The maximum absolute atomic E-state index is 13.4. The van der Waals surface area contributed by atoms with E-state index in [4.69, 9.17) is 0 Å². The molecule has 0 bridgehead atoms. The quantitative estimate of drug-likeness (QED) is 0.842. The van der Waals surface area contributed by atoms with E-state index in [0.717, 1.165) is 24.0 Å². The summed E-state index contributed by atoms with van der Waals surface area (Å²) in [6, 6.07) is 5.99. The lowest BCUT2D eigenvalue weighted by Gasteiger charge is -2.30. The van der Waals surface area contributed by atoms with Gasteiger partial charge in [0.1, 0.15) is 5.82 Å². The first-order valence-corrected chi connectivity index (χ1v) is 6.27. The van der Waals surface area contributed by atoms with Gasteiger partial charge in [0.15, 0.2) is 0 Å². The maximum atomic E-state index is 13.4. The maximum Gasteiger partial charge on any atom is 0.126 e. The zero-order valence-corrected chi connectivity index (χ0v) is 11.6. The van der Waals surface area contributed by atoms with Gasteiger partial charge in [0, 0.05) is 6.04 Å². The van der Waals surface area contributed by atoms with Gasteiger partial charge in [-0.15, -0.1) is 0 Å². The third kappa shape index (κ3) is 4.12. The molecule has 2 heteroatoms. The van der Waals surface area contributed by atoms with E-state index in [1.54, 1.807) is 13.0 Å². The van der Waals surface area contributed by atoms with E-state index in [0.29, 0.717) is 6.04 Å². The average Bonchev–Trinajstić information content (AvgIpc) is 2.22. The SMILES string of the molecule is CNC(CCc1ccc(C)c(F)c1)C(C)(C)C. The fourth-order valence-electron chi connectivity index (χ4n) is 2.11. The van der Waals surface area contributed by atoms with Gasteiger partial charge in [-0.05, 0) is 49.4 Å². The Labute approximate surface area is 104 Å². The first-order valence-electron chi connectivity index (χ1n) is 6.27. The van der Waals surface area contributed by atoms with Crippen molar-refractivity contribution in [3.63, 3.8) is 0 Å². The number of rotatable bonds is 4. The van der Waals surface area contributed by atoms with Crippen molar-refractivity contribution in [3.05, 3.63) is 35.1 Å². The van der Waals surface area contributed by atoms with Crippen LogP contribution in [-0.2, 0) is 6.42 Å². The summed E-state index contributed by atoms with van der Waals surface area (Å²) in [4.78, 5) is 0. The summed E-state index contributed by atoms with van der Waals surface area (Å²) in [7, 11) is 1.99. The van der Waals surface area contributed by atoms with Gasteiger partial charge in [0.25, 0.3) is 0 Å². The predicted molar refractivity (Wildman–Crippen MR) is 71.8 cm³/mol. The molecule has 0 amide bonds. The van der Waals surface area contributed by atoms with Crippen LogP contribution < -0.4 is 5.32 Å². The van der Waals surface area contributed by atoms with Crippen molar-refractivity contribution in [1.82, 2.24) is 5.32 Å². The van der Waals surface area contributed by atoms with Crippen LogP contribution in [0.3, 0.4) is 0 Å². The Kier molecular flexibility index (Phi) is 4.70. The van der Waals surface area contributed by atoms with Crippen molar-refractivity contribution < 1.29 is 4.39 Å². The first-order chi connectivity index (χ1) is 7.84. The van der Waals surface area contributed by atoms with Crippen LogP contribution in [0.15, 0.2) is 18.2 Å². The molecular formula is C15H24FN. The highest BCUT2D eigenvalue weighted by Gasteiger charge is 2.22. The summed E-state index contributed by atoms with van der Waals surface area (Å²) in [5.41, 5.74) is 2.03. The van der Waals surface area contributed by atoms with Crippen molar-refractivity contribution in [2.24, 2.45) is 5.41 Å². The van der Waals surface area contributed by atoms with Crippen LogP contribution in [0.5, 0.6) is 0 Å². The number of halogens is 1. The monoisotopic (exact) mass is 237 g/mol. The molecule has 1 aromatic rings. The summed E-state index contributed by atoms with van der Waals surface area (Å²) < 4.78 is 13.4. The molecule has 1 aromatic carbocycles. The molecule has 0 aliphatic heterocycles. The molecule has 1 nitrogen and oxygen atoms in total. The van der Waals surface area contributed by atoms with Crippen LogP contribution in [0.25, 0.3) is 0 Å². The van der Waals surface area contributed by atoms with Gasteiger partial charge in [-0.25, -0.2) is 4.39 Å². The second-order valence-corrected chi connectivity index (χ2v) is 5.83. The number of nitrogens with one attached hydrogen (secondary N) is 1. The van der Waals surface area contributed by atoms with Crippen molar-refractivity contribution >= 4 is 0 Å². The van der Waals surface area contributed by atoms with E-state index >= 15 is 0 Å². The summed E-state index contributed by atoms with van der Waals surface area (Å²) in [6.07, 6.45) is 1.95. The molecule has 0 aliphatic rings. The lowest BCUT2D eigenvalue weighted by atomic mass is 9.83. The molecule has 0 saturated carbocycles. The van der Waals surface area contributed by atoms with Gasteiger partial charge >= 0.3 is 0 Å². The van der Waals surface area contributed by atoms with Gasteiger partial charge in [0.2, 0.25) is 0 Å². The molecule has 0 heterocycles. The normalized spacial score (nSPS) is 13.8. The van der Waals surface area contributed by atoms with Crippen LogP contribution in [0.4, 0.5) is 4.39 Å². The smallest absolute Gasteiger partial charge is 0.126 e. The minimum atomic E-state index is -0.0979. The first kappa shape index (κ1) is 14.2. The van der Waals surface area contributed by atoms with Gasteiger partial charge < -0.3 is 5.32 Å². The molecule has 1 rings (SSSR count). The molecule has 0 fully saturated rings. The molecule has 96 valence electrons. The topological polar surface area (TPSA) is 12.0 Å². The highest BCUT2D eigenvalue weighted by Crippen LogP contribution is 2.23. The summed E-state index contributed by atoms with van der Waals surface area (Å²) in [6.45, 7) is 8.47. The molecule has 1 N–H and O–H groups in total. The molecular weight excluding hydrogens is 213 g/mol. The third-order valence-corrected chi connectivity index (χ3v) is 3.35. The number of aryl methyl sites for hydroxylation is 2. The van der Waals surface area contributed by atoms with Gasteiger partial charge in [-0.1, -0.05) is 32.9 Å². The molecule has 1 unspecified atom stereocenters. The number of hydrogen-bond acceptors (Lipinski definition) is 1. The minimum Gasteiger partial charge on any atom is -0.316 e. The second kappa shape index (κ2) is 5.63. The average molecular weight is 237 g/mol. The van der Waals surface area contributed by atoms with E-state index in [1.165, 1.54) is 0 Å². The number of hydrogen-bond donors (Lipinski definition) is 1. The zero-order valence-electron chi connectivity index (χ0n) is 11.6. The Hall–Kier alpha value is -0.890. The van der Waals surface area contributed by atoms with Crippen LogP contribution >= 0.6 is 0 Å². The number of benzene rings is 1. The van der Waals surface area contributed by atoms with Crippen molar-refractivity contribution in [1.29, 1.82) is 0 Å². The molecule has 0 aliphatic carbocycles. The molecule has 0 radical (unpaired) electrons. The summed E-state index contributed by atoms with van der Waals surface area (Å²) in [5.74, 6) is -0.0979. The van der Waals surface area contributed by atoms with Gasteiger partial charge in [-0.3, -0.25) is 0 Å². The summed E-state index contributed by atoms with van der Waals surface area (Å²) >= 11 is 0. The van der Waals surface area contributed by atoms with E-state index in [1.807, 2.05) is 19.2 Å². The van der Waals surface area contributed by atoms with Gasteiger partial charge in [-0.2, -0.15) is 0 Å². The lowest BCUT2D eigenvalue weighted by Crippen LogP contribution is -2.38. The van der Waals surface area contributed by atoms with Crippen molar-refractivity contribution in [2.45, 2.75) is 46.6 Å². The highest BCUT2D eigenvalue weighted by atomic mass is 19.1. The van der Waals surface area contributed by atoms with E-state index < -0.39 is 0 Å². The molecule has 1 atom stereocenters. The Morgan fingerprint density at radius 2 is 1.94 bits per heavy atom. The highest BCUT2D eigenvalue weighted by molar-refractivity contribution is 5.23. The minimum absolute atomic E-state index is 0.0979. The zero-order chi connectivity index (χ0) is 13.1. The molecule has 17 heavy (non-hydrogen) atoms.